The van der Waals surface area contributed by atoms with E-state index < -0.39 is 0 Å². The van der Waals surface area contributed by atoms with E-state index in [1.54, 1.807) is 24.3 Å². The van der Waals surface area contributed by atoms with Gasteiger partial charge in [-0.15, -0.1) is 0 Å². The predicted octanol–water partition coefficient (Wildman–Crippen LogP) is -1.05. The predicted molar refractivity (Wildman–Crippen MR) is 81.2 cm³/mol. The van der Waals surface area contributed by atoms with Gasteiger partial charge in [-0.05, 0) is 25.0 Å². The Kier molecular flexibility index (Phi) is 6.16. The van der Waals surface area contributed by atoms with E-state index in [0.29, 0.717) is 11.1 Å². The summed E-state index contributed by atoms with van der Waals surface area (Å²) < 4.78 is 0. The van der Waals surface area contributed by atoms with Gasteiger partial charge in [-0.25, -0.2) is 15.8 Å². The zero-order valence-electron chi connectivity index (χ0n) is 12.6. The molecule has 1 saturated heterocycles. The molecule has 0 radical (unpaired) electrons. The highest BCUT2D eigenvalue weighted by Gasteiger charge is 2.34. The summed E-state index contributed by atoms with van der Waals surface area (Å²) in [5.74, 6) is 9.26. The van der Waals surface area contributed by atoms with Crippen LogP contribution in [0.5, 0.6) is 0 Å². The van der Waals surface area contributed by atoms with Crippen LogP contribution in [0.25, 0.3) is 0 Å². The number of rotatable bonds is 4. The number of amides is 2. The highest BCUT2D eigenvalue weighted by atomic mass is 16.6. The molecule has 1 atom stereocenters. The number of nitrogens with one attached hydrogen (secondary N) is 1. The van der Waals surface area contributed by atoms with Crippen molar-refractivity contribution >= 4 is 11.8 Å². The minimum absolute atomic E-state index is 0.199. The first-order valence-electron chi connectivity index (χ1n) is 7.24. The van der Waals surface area contributed by atoms with Gasteiger partial charge in [0.25, 0.3) is 11.8 Å². The molecule has 0 spiro atoms. The topological polar surface area (TPSA) is 134 Å². The fraction of sp³-hybridized carbons (Fsp3) is 0.429. The van der Waals surface area contributed by atoms with Crippen molar-refractivity contribution < 1.29 is 19.5 Å². The van der Waals surface area contributed by atoms with Crippen LogP contribution >= 0.6 is 0 Å². The number of benzene rings is 1. The molecule has 0 aliphatic carbocycles. The van der Waals surface area contributed by atoms with E-state index in [-0.39, 0.29) is 31.2 Å². The average Bonchev–Trinajstić information content (AvgIpc) is 3.14. The summed E-state index contributed by atoms with van der Waals surface area (Å²) in [6.45, 7) is 0.929. The molecule has 1 fully saturated rings. The number of hydrogen-bond donors (Lipinski definition) is 4. The smallest absolute Gasteiger partial charge is 0.263 e. The first-order chi connectivity index (χ1) is 11.1. The van der Waals surface area contributed by atoms with Crippen molar-refractivity contribution in [2.75, 3.05) is 19.9 Å². The molecule has 0 aromatic heterocycles. The zero-order valence-corrected chi connectivity index (χ0v) is 12.6. The van der Waals surface area contributed by atoms with Crippen LogP contribution in [0.3, 0.4) is 0 Å². The molecule has 1 aromatic carbocycles. The van der Waals surface area contributed by atoms with E-state index in [9.17, 15) is 9.59 Å². The van der Waals surface area contributed by atoms with E-state index in [4.69, 9.17) is 16.8 Å². The number of carbonyl (C=O) groups is 2. The van der Waals surface area contributed by atoms with E-state index >= 15 is 0 Å². The molecule has 2 amide bonds. The molecule has 1 unspecified atom stereocenters. The maximum Gasteiger partial charge on any atom is 0.263 e. The lowest BCUT2D eigenvalue weighted by atomic mass is 10.1. The Bertz CT molecular complexity index is 523. The van der Waals surface area contributed by atoms with Gasteiger partial charge in [-0.1, -0.05) is 12.1 Å². The molecule has 1 aromatic rings. The largest absolute Gasteiger partial charge is 0.395 e. The van der Waals surface area contributed by atoms with Gasteiger partial charge in [0.05, 0.1) is 17.7 Å². The van der Waals surface area contributed by atoms with Gasteiger partial charge in [-0.3, -0.25) is 20.3 Å². The Hall–Kier alpha value is -1.88. The van der Waals surface area contributed by atoms with Gasteiger partial charge in [0.1, 0.15) is 6.73 Å². The second kappa shape index (κ2) is 8.11. The number of carbonyl (C=O) groups excluding carboxylic acids is 2. The van der Waals surface area contributed by atoms with Crippen LogP contribution in [-0.2, 0) is 4.84 Å². The third kappa shape index (κ3) is 3.72. The monoisotopic (exact) mass is 323 g/mol. The summed E-state index contributed by atoms with van der Waals surface area (Å²) in [5.41, 5.74) is 3.33. The Morgan fingerprint density at radius 3 is 2.30 bits per heavy atom. The lowest BCUT2D eigenvalue weighted by Gasteiger charge is -2.19. The van der Waals surface area contributed by atoms with Gasteiger partial charge >= 0.3 is 0 Å². The van der Waals surface area contributed by atoms with Crippen molar-refractivity contribution in [3.63, 3.8) is 0 Å². The Morgan fingerprint density at radius 2 is 1.87 bits per heavy atom. The van der Waals surface area contributed by atoms with Crippen LogP contribution in [-0.4, -0.2) is 52.8 Å². The molecule has 0 saturated carbocycles. The molecule has 9 heteroatoms. The number of hydrazine groups is 2. The van der Waals surface area contributed by atoms with Crippen LogP contribution in [0.4, 0.5) is 0 Å². The molecule has 9 nitrogen and oxygen atoms in total. The number of hydrogen-bond acceptors (Lipinski definition) is 8. The maximum absolute atomic E-state index is 11.6. The van der Waals surface area contributed by atoms with Crippen LogP contribution < -0.4 is 17.3 Å². The van der Waals surface area contributed by atoms with Crippen LogP contribution in [0.2, 0.25) is 0 Å². The van der Waals surface area contributed by atoms with E-state index in [2.05, 4.69) is 10.4 Å². The maximum atomic E-state index is 11.6. The Morgan fingerprint density at radius 1 is 1.26 bits per heavy atom. The minimum atomic E-state index is -0.365. The molecule has 6 N–H and O–H groups in total. The molecular formula is C14H21N5O4. The van der Waals surface area contributed by atoms with Crippen LogP contribution in [0, 0.1) is 0 Å². The minimum Gasteiger partial charge on any atom is -0.395 e. The fourth-order valence-corrected chi connectivity index (χ4v) is 2.63. The summed E-state index contributed by atoms with van der Waals surface area (Å²) in [6.07, 6.45) is 2.16. The van der Waals surface area contributed by atoms with Crippen molar-refractivity contribution in [1.29, 1.82) is 0 Å². The second-order valence-electron chi connectivity index (χ2n) is 5.18. The van der Waals surface area contributed by atoms with E-state index in [0.717, 1.165) is 24.3 Å². The molecule has 2 heterocycles. The zero-order chi connectivity index (χ0) is 16.8. The highest BCUT2D eigenvalue weighted by Crippen LogP contribution is 2.21. The number of aliphatic hydroxyl groups is 1. The molecular weight excluding hydrogens is 302 g/mol. The van der Waals surface area contributed by atoms with Gasteiger partial charge in [0.2, 0.25) is 0 Å². The van der Waals surface area contributed by atoms with Crippen molar-refractivity contribution in [2.24, 2.45) is 11.7 Å². The summed E-state index contributed by atoms with van der Waals surface area (Å²) in [7, 11) is 0. The third-order valence-electron chi connectivity index (χ3n) is 3.84. The molecule has 0 bridgehead atoms. The summed E-state index contributed by atoms with van der Waals surface area (Å²) in [4.78, 5) is 28.4. The Labute approximate surface area is 133 Å². The number of nitrogens with zero attached hydrogens (tertiary/aromatic N) is 2. The van der Waals surface area contributed by atoms with Crippen molar-refractivity contribution in [3.05, 3.63) is 35.4 Å². The number of nitrogens with two attached hydrogens (primary N) is 2. The fourth-order valence-electron chi connectivity index (χ4n) is 2.63. The Balaban J connectivity index is 0.000000185. The summed E-state index contributed by atoms with van der Waals surface area (Å²) in [5, 5.41) is 10.6. The van der Waals surface area contributed by atoms with Gasteiger partial charge in [-0.2, -0.15) is 5.53 Å². The summed E-state index contributed by atoms with van der Waals surface area (Å²) >= 11 is 0. The number of fused-ring (bicyclic) bond motifs is 1. The normalized spacial score (nSPS) is 20.5. The first kappa shape index (κ1) is 17.5. The standard InChI is InChI=1S/C9H8N2O3.C5H13N3O/c10-14-5-11-8(12)6-3-1-2-4-7(6)9(11)13;6-7-8-3-1-2-5(8)4-9/h1-4H,5,10H2;5,7,9H,1-4,6H2. The van der Waals surface area contributed by atoms with E-state index in [1.807, 2.05) is 5.01 Å². The van der Waals surface area contributed by atoms with E-state index in [1.165, 1.54) is 0 Å². The van der Waals surface area contributed by atoms with Crippen molar-refractivity contribution in [2.45, 2.75) is 18.9 Å². The van der Waals surface area contributed by atoms with Crippen LogP contribution in [0.1, 0.15) is 33.6 Å². The van der Waals surface area contributed by atoms with Crippen molar-refractivity contribution in [1.82, 2.24) is 15.4 Å². The lowest BCUT2D eigenvalue weighted by molar-refractivity contribution is 0.0253. The number of imide groups is 1. The van der Waals surface area contributed by atoms with Gasteiger partial charge in [0.15, 0.2) is 0 Å². The molecule has 126 valence electrons. The third-order valence-corrected chi connectivity index (χ3v) is 3.84. The van der Waals surface area contributed by atoms with Gasteiger partial charge < -0.3 is 5.11 Å². The molecule has 2 aliphatic rings. The first-order valence-corrected chi connectivity index (χ1v) is 7.24. The molecule has 2 aliphatic heterocycles. The van der Waals surface area contributed by atoms with Crippen molar-refractivity contribution in [3.8, 4) is 0 Å². The SMILES string of the molecule is NNN1CCCC1CO.NOCN1C(=O)c2ccccc2C1=O. The summed E-state index contributed by atoms with van der Waals surface area (Å²) in [6, 6.07) is 6.85. The quantitative estimate of drug-likeness (QED) is 0.313. The number of aliphatic hydroxyl groups excluding tert-OH is 1. The highest BCUT2D eigenvalue weighted by molar-refractivity contribution is 6.21. The average molecular weight is 323 g/mol. The molecule has 3 rings (SSSR count). The van der Waals surface area contributed by atoms with Crippen LogP contribution in [0.15, 0.2) is 24.3 Å². The van der Waals surface area contributed by atoms with Gasteiger partial charge in [0, 0.05) is 12.6 Å². The molecule has 23 heavy (non-hydrogen) atoms. The lowest BCUT2D eigenvalue weighted by Crippen LogP contribution is -2.47. The second-order valence-corrected chi connectivity index (χ2v) is 5.18.